The standard InChI is InChI=1S/C20H20FOP/c1-22-18-12-11-16(13-15-7-3-2-4-8-15)14-20(18)23-19-10-6-5-9-17(19)21/h2-7,9-12,14-15,23H,8,13H2,1H3. The second-order valence-corrected chi connectivity index (χ2v) is 6.98. The van der Waals surface area contributed by atoms with E-state index in [-0.39, 0.29) is 14.4 Å². The average molecular weight is 326 g/mol. The highest BCUT2D eigenvalue weighted by atomic mass is 31.1. The molecule has 3 heteroatoms. The molecule has 2 unspecified atom stereocenters. The van der Waals surface area contributed by atoms with Crippen molar-refractivity contribution in [3.8, 4) is 5.75 Å². The van der Waals surface area contributed by atoms with Gasteiger partial charge in [-0.15, -0.1) is 0 Å². The summed E-state index contributed by atoms with van der Waals surface area (Å²) >= 11 is 0. The van der Waals surface area contributed by atoms with E-state index in [4.69, 9.17) is 4.74 Å². The Morgan fingerprint density at radius 3 is 2.74 bits per heavy atom. The van der Waals surface area contributed by atoms with E-state index in [9.17, 15) is 4.39 Å². The third-order valence-electron chi connectivity index (χ3n) is 3.97. The van der Waals surface area contributed by atoms with Crippen LogP contribution in [-0.2, 0) is 6.42 Å². The van der Waals surface area contributed by atoms with Crippen LogP contribution >= 0.6 is 8.58 Å². The predicted octanol–water partition coefficient (Wildman–Crippen LogP) is 4.14. The summed E-state index contributed by atoms with van der Waals surface area (Å²) in [5, 5.41) is 1.79. The molecule has 0 fully saturated rings. The molecule has 0 amide bonds. The van der Waals surface area contributed by atoms with E-state index < -0.39 is 0 Å². The number of hydrogen-bond donors (Lipinski definition) is 0. The molecule has 1 aliphatic carbocycles. The summed E-state index contributed by atoms with van der Waals surface area (Å²) < 4.78 is 19.4. The second-order valence-electron chi connectivity index (χ2n) is 5.65. The average Bonchev–Trinajstić information content (AvgIpc) is 2.58. The lowest BCUT2D eigenvalue weighted by molar-refractivity contribution is 0.418. The smallest absolute Gasteiger partial charge is 0.130 e. The van der Waals surface area contributed by atoms with E-state index in [1.165, 1.54) is 11.6 Å². The van der Waals surface area contributed by atoms with Gasteiger partial charge in [-0.3, -0.25) is 0 Å². The van der Waals surface area contributed by atoms with Crippen molar-refractivity contribution in [3.05, 3.63) is 78.1 Å². The number of halogens is 1. The molecule has 0 N–H and O–H groups in total. The van der Waals surface area contributed by atoms with Gasteiger partial charge in [-0.25, -0.2) is 4.39 Å². The molecular weight excluding hydrogens is 306 g/mol. The molecule has 2 aromatic rings. The fourth-order valence-corrected chi connectivity index (χ4v) is 4.01. The van der Waals surface area contributed by atoms with Gasteiger partial charge in [0.2, 0.25) is 0 Å². The van der Waals surface area contributed by atoms with E-state index in [1.807, 2.05) is 18.2 Å². The predicted molar refractivity (Wildman–Crippen MR) is 97.1 cm³/mol. The maximum Gasteiger partial charge on any atom is 0.130 e. The molecule has 0 saturated carbocycles. The zero-order chi connectivity index (χ0) is 16.1. The molecular formula is C20H20FOP. The maximum absolute atomic E-state index is 13.9. The van der Waals surface area contributed by atoms with E-state index >= 15 is 0 Å². The minimum Gasteiger partial charge on any atom is -0.496 e. The van der Waals surface area contributed by atoms with Crippen LogP contribution in [0.2, 0.25) is 0 Å². The van der Waals surface area contributed by atoms with E-state index in [0.29, 0.717) is 5.92 Å². The lowest BCUT2D eigenvalue weighted by atomic mass is 9.93. The first-order valence-corrected chi connectivity index (χ1v) is 8.78. The first kappa shape index (κ1) is 16.0. The fourth-order valence-electron chi connectivity index (χ4n) is 2.77. The van der Waals surface area contributed by atoms with Crippen LogP contribution in [0.15, 0.2) is 66.8 Å². The summed E-state index contributed by atoms with van der Waals surface area (Å²) in [6.45, 7) is 0. The quantitative estimate of drug-likeness (QED) is 0.751. The Bertz CT molecular complexity index is 736. The lowest BCUT2D eigenvalue weighted by Gasteiger charge is -2.15. The Kier molecular flexibility index (Phi) is 5.25. The SMILES string of the molecule is COc1ccc(CC2C=CC=CC2)cc1Pc1ccccc1F. The largest absolute Gasteiger partial charge is 0.496 e. The van der Waals surface area contributed by atoms with Gasteiger partial charge in [0.1, 0.15) is 11.6 Å². The van der Waals surface area contributed by atoms with Gasteiger partial charge < -0.3 is 4.74 Å². The number of benzene rings is 2. The Hall–Kier alpha value is -1.92. The Labute approximate surface area is 138 Å². The lowest BCUT2D eigenvalue weighted by Crippen LogP contribution is -2.11. The summed E-state index contributed by atoms with van der Waals surface area (Å²) in [4.78, 5) is 0. The first-order valence-electron chi connectivity index (χ1n) is 7.78. The van der Waals surface area contributed by atoms with Gasteiger partial charge in [0, 0.05) is 10.6 Å². The molecule has 1 aliphatic rings. The minimum absolute atomic E-state index is 0.154. The molecule has 0 saturated heterocycles. The van der Waals surface area contributed by atoms with Gasteiger partial charge in [-0.1, -0.05) is 57.2 Å². The highest BCUT2D eigenvalue weighted by Gasteiger charge is 2.11. The summed E-state index contributed by atoms with van der Waals surface area (Å²) in [6, 6.07) is 13.2. The molecule has 118 valence electrons. The van der Waals surface area contributed by atoms with Crippen molar-refractivity contribution in [2.45, 2.75) is 12.8 Å². The van der Waals surface area contributed by atoms with Crippen molar-refractivity contribution < 1.29 is 9.13 Å². The van der Waals surface area contributed by atoms with E-state index in [2.05, 4.69) is 36.4 Å². The highest BCUT2D eigenvalue weighted by molar-refractivity contribution is 7.55. The monoisotopic (exact) mass is 326 g/mol. The molecule has 3 rings (SSSR count). The molecule has 0 aliphatic heterocycles. The third kappa shape index (κ3) is 4.09. The van der Waals surface area contributed by atoms with Crippen LogP contribution in [0.5, 0.6) is 5.75 Å². The van der Waals surface area contributed by atoms with Gasteiger partial charge in [-0.2, -0.15) is 0 Å². The van der Waals surface area contributed by atoms with Gasteiger partial charge in [0.25, 0.3) is 0 Å². The van der Waals surface area contributed by atoms with Crippen LogP contribution in [0, 0.1) is 11.7 Å². The van der Waals surface area contributed by atoms with Gasteiger partial charge in [0.05, 0.1) is 7.11 Å². The number of hydrogen-bond acceptors (Lipinski definition) is 1. The zero-order valence-corrected chi connectivity index (χ0v) is 14.1. The van der Waals surface area contributed by atoms with Crippen LogP contribution in [0.3, 0.4) is 0 Å². The second kappa shape index (κ2) is 7.57. The van der Waals surface area contributed by atoms with Crippen molar-refractivity contribution in [1.29, 1.82) is 0 Å². The Morgan fingerprint density at radius 2 is 2.00 bits per heavy atom. The molecule has 23 heavy (non-hydrogen) atoms. The summed E-state index contributed by atoms with van der Waals surface area (Å²) in [5.74, 6) is 1.21. The van der Waals surface area contributed by atoms with Crippen LogP contribution in [0.4, 0.5) is 4.39 Å². The van der Waals surface area contributed by atoms with Crippen molar-refractivity contribution in [2.75, 3.05) is 7.11 Å². The molecule has 0 spiro atoms. The molecule has 1 nitrogen and oxygen atoms in total. The number of allylic oxidation sites excluding steroid dienone is 4. The van der Waals surface area contributed by atoms with Gasteiger partial charge in [-0.05, 0) is 42.5 Å². The Morgan fingerprint density at radius 1 is 1.13 bits per heavy atom. The summed E-state index contributed by atoms with van der Waals surface area (Å²) in [5.41, 5.74) is 1.27. The molecule has 0 heterocycles. The number of methoxy groups -OCH3 is 1. The van der Waals surface area contributed by atoms with Crippen molar-refractivity contribution in [3.63, 3.8) is 0 Å². The Balaban J connectivity index is 1.83. The van der Waals surface area contributed by atoms with Gasteiger partial charge >= 0.3 is 0 Å². The zero-order valence-electron chi connectivity index (χ0n) is 13.1. The summed E-state index contributed by atoms with van der Waals surface area (Å²) in [6.07, 6.45) is 10.7. The molecule has 2 aromatic carbocycles. The normalized spacial score (nSPS) is 17.0. The van der Waals surface area contributed by atoms with E-state index in [0.717, 1.165) is 29.2 Å². The van der Waals surface area contributed by atoms with Crippen LogP contribution in [-0.4, -0.2) is 7.11 Å². The van der Waals surface area contributed by atoms with Crippen LogP contribution in [0.1, 0.15) is 12.0 Å². The maximum atomic E-state index is 13.9. The number of rotatable bonds is 5. The third-order valence-corrected chi connectivity index (χ3v) is 5.31. The minimum atomic E-state index is -0.154. The summed E-state index contributed by atoms with van der Waals surface area (Å²) in [7, 11) is 1.92. The molecule has 0 radical (unpaired) electrons. The van der Waals surface area contributed by atoms with Crippen molar-refractivity contribution in [1.82, 2.24) is 0 Å². The van der Waals surface area contributed by atoms with Crippen molar-refractivity contribution in [2.24, 2.45) is 5.92 Å². The van der Waals surface area contributed by atoms with Crippen molar-refractivity contribution >= 4 is 19.2 Å². The molecule has 2 atom stereocenters. The van der Waals surface area contributed by atoms with Gasteiger partial charge in [0.15, 0.2) is 0 Å². The molecule has 0 aromatic heterocycles. The highest BCUT2D eigenvalue weighted by Crippen LogP contribution is 2.24. The van der Waals surface area contributed by atoms with Crippen LogP contribution in [0.25, 0.3) is 0 Å². The van der Waals surface area contributed by atoms with E-state index in [1.54, 1.807) is 13.2 Å². The number of ether oxygens (including phenoxy) is 1. The topological polar surface area (TPSA) is 9.23 Å². The first-order chi connectivity index (χ1) is 11.3. The molecule has 0 bridgehead atoms. The van der Waals surface area contributed by atoms with Crippen LogP contribution < -0.4 is 15.3 Å². The fraction of sp³-hybridized carbons (Fsp3) is 0.200.